The summed E-state index contributed by atoms with van der Waals surface area (Å²) in [5.41, 5.74) is -0.644. The SMILES string of the molecule is CC1OC1(Cl)Cl.CCC(O)Cl. The van der Waals surface area contributed by atoms with Gasteiger partial charge < -0.3 is 9.84 Å². The second-order valence-electron chi connectivity index (χ2n) is 2.16. The van der Waals surface area contributed by atoms with Gasteiger partial charge in [0.15, 0.2) is 0 Å². The first-order chi connectivity index (χ1) is 4.90. The van der Waals surface area contributed by atoms with E-state index in [2.05, 4.69) is 4.74 Å². The van der Waals surface area contributed by atoms with E-state index in [0.717, 1.165) is 0 Å². The number of rotatable bonds is 1. The fraction of sp³-hybridized carbons (Fsp3) is 1.00. The molecule has 0 aliphatic carbocycles. The monoisotopic (exact) mass is 220 g/mol. The van der Waals surface area contributed by atoms with E-state index < -0.39 is 10.1 Å². The summed E-state index contributed by atoms with van der Waals surface area (Å²) in [6, 6.07) is 0. The highest BCUT2D eigenvalue weighted by atomic mass is 35.5. The molecule has 1 N–H and O–H groups in total. The van der Waals surface area contributed by atoms with Crippen LogP contribution in [-0.4, -0.2) is 21.3 Å². The largest absolute Gasteiger partial charge is 0.378 e. The Morgan fingerprint density at radius 2 is 1.82 bits per heavy atom. The number of epoxide rings is 1. The van der Waals surface area contributed by atoms with E-state index in [1.807, 2.05) is 13.8 Å². The molecule has 0 bridgehead atoms. The molecule has 1 aliphatic heterocycles. The zero-order valence-corrected chi connectivity index (χ0v) is 8.62. The molecule has 1 rings (SSSR count). The molecule has 0 aromatic rings. The number of halogens is 3. The van der Waals surface area contributed by atoms with Crippen LogP contribution in [0.3, 0.4) is 0 Å². The molecule has 1 aliphatic rings. The van der Waals surface area contributed by atoms with Gasteiger partial charge in [-0.25, -0.2) is 0 Å². The Morgan fingerprint density at radius 1 is 1.64 bits per heavy atom. The van der Waals surface area contributed by atoms with Gasteiger partial charge in [-0.05, 0) is 13.3 Å². The fourth-order valence-corrected chi connectivity index (χ4v) is 0.469. The van der Waals surface area contributed by atoms with Crippen LogP contribution < -0.4 is 0 Å². The van der Waals surface area contributed by atoms with Crippen molar-refractivity contribution in [2.45, 2.75) is 36.5 Å². The van der Waals surface area contributed by atoms with Crippen molar-refractivity contribution in [2.24, 2.45) is 0 Å². The van der Waals surface area contributed by atoms with Crippen molar-refractivity contribution in [3.63, 3.8) is 0 Å². The minimum atomic E-state index is -0.847. The summed E-state index contributed by atoms with van der Waals surface area (Å²) in [7, 11) is 0. The van der Waals surface area contributed by atoms with Crippen LogP contribution in [0, 0.1) is 0 Å². The summed E-state index contributed by atoms with van der Waals surface area (Å²) < 4.78 is 3.79. The third-order valence-corrected chi connectivity index (χ3v) is 2.19. The Morgan fingerprint density at radius 3 is 1.82 bits per heavy atom. The minimum absolute atomic E-state index is 0.0285. The van der Waals surface area contributed by atoms with Gasteiger partial charge in [0.25, 0.3) is 0 Å². The van der Waals surface area contributed by atoms with Gasteiger partial charge in [0.1, 0.15) is 11.7 Å². The van der Waals surface area contributed by atoms with Crippen molar-refractivity contribution in [1.29, 1.82) is 0 Å². The number of aliphatic hydroxyl groups excluding tert-OH is 1. The summed E-state index contributed by atoms with van der Waals surface area (Å²) in [5.74, 6) is 0. The van der Waals surface area contributed by atoms with Gasteiger partial charge in [-0.15, -0.1) is 0 Å². The zero-order valence-electron chi connectivity index (χ0n) is 6.35. The molecule has 11 heavy (non-hydrogen) atoms. The Balaban J connectivity index is 0.000000187. The van der Waals surface area contributed by atoms with Crippen molar-refractivity contribution in [2.75, 3.05) is 0 Å². The summed E-state index contributed by atoms with van der Waals surface area (Å²) >= 11 is 15.7. The fourth-order valence-electron chi connectivity index (χ4n) is 0.202. The first-order valence-electron chi connectivity index (χ1n) is 3.28. The lowest BCUT2D eigenvalue weighted by molar-refractivity contribution is 0.252. The molecule has 0 radical (unpaired) electrons. The van der Waals surface area contributed by atoms with Gasteiger partial charge in [-0.1, -0.05) is 41.7 Å². The summed E-state index contributed by atoms with van der Waals surface area (Å²) in [4.78, 5) is 0. The highest BCUT2D eigenvalue weighted by Gasteiger charge is 2.50. The lowest BCUT2D eigenvalue weighted by atomic mass is 10.5. The smallest absolute Gasteiger partial charge is 0.244 e. The van der Waals surface area contributed by atoms with Crippen LogP contribution >= 0.6 is 34.8 Å². The Kier molecular flexibility index (Phi) is 5.07. The summed E-state index contributed by atoms with van der Waals surface area (Å²) in [5, 5.41) is 8.13. The molecule has 0 amide bonds. The van der Waals surface area contributed by atoms with Crippen LogP contribution in [0.4, 0.5) is 0 Å². The molecule has 2 unspecified atom stereocenters. The predicted octanol–water partition coefficient (Wildman–Crippen LogP) is 2.49. The number of aliphatic hydroxyl groups is 1. The minimum Gasteiger partial charge on any atom is -0.378 e. The molecule has 0 spiro atoms. The van der Waals surface area contributed by atoms with Gasteiger partial charge in [0.2, 0.25) is 4.52 Å². The van der Waals surface area contributed by atoms with Crippen LogP contribution in [0.2, 0.25) is 0 Å². The lowest BCUT2D eigenvalue weighted by Crippen LogP contribution is -1.88. The van der Waals surface area contributed by atoms with E-state index in [9.17, 15) is 0 Å². The predicted molar refractivity (Wildman–Crippen MR) is 47.1 cm³/mol. The molecular weight excluding hydrogens is 210 g/mol. The third kappa shape index (κ3) is 6.00. The van der Waals surface area contributed by atoms with E-state index in [1.54, 1.807) is 0 Å². The van der Waals surface area contributed by atoms with E-state index in [0.29, 0.717) is 6.42 Å². The zero-order chi connectivity index (χ0) is 9.07. The number of ether oxygens (including phenoxy) is 1. The maximum Gasteiger partial charge on any atom is 0.244 e. The highest BCUT2D eigenvalue weighted by molar-refractivity contribution is 6.49. The van der Waals surface area contributed by atoms with E-state index in [1.165, 1.54) is 0 Å². The van der Waals surface area contributed by atoms with Crippen LogP contribution in [0.5, 0.6) is 0 Å². The third-order valence-electron chi connectivity index (χ3n) is 1.09. The lowest BCUT2D eigenvalue weighted by Gasteiger charge is -1.87. The summed E-state index contributed by atoms with van der Waals surface area (Å²) in [6.07, 6.45) is 0.655. The maximum atomic E-state index is 8.13. The van der Waals surface area contributed by atoms with E-state index in [-0.39, 0.29) is 6.10 Å². The van der Waals surface area contributed by atoms with E-state index in [4.69, 9.17) is 39.9 Å². The number of hydrogen-bond donors (Lipinski definition) is 1. The number of hydrogen-bond acceptors (Lipinski definition) is 2. The molecule has 1 fully saturated rings. The molecule has 2 nitrogen and oxygen atoms in total. The first-order valence-corrected chi connectivity index (χ1v) is 4.47. The van der Waals surface area contributed by atoms with Crippen LogP contribution in [0.25, 0.3) is 0 Å². The molecule has 68 valence electrons. The van der Waals surface area contributed by atoms with Gasteiger partial charge in [-0.2, -0.15) is 0 Å². The van der Waals surface area contributed by atoms with Crippen molar-refractivity contribution in [3.05, 3.63) is 0 Å². The normalized spacial score (nSPS) is 28.4. The topological polar surface area (TPSA) is 32.8 Å². The van der Waals surface area contributed by atoms with Crippen molar-refractivity contribution < 1.29 is 9.84 Å². The van der Waals surface area contributed by atoms with Crippen LogP contribution in [0.1, 0.15) is 20.3 Å². The second kappa shape index (κ2) is 4.73. The average Bonchev–Trinajstić information content (AvgIpc) is 2.39. The average molecular weight is 222 g/mol. The summed E-state index contributed by atoms with van der Waals surface area (Å²) in [6.45, 7) is 3.64. The molecule has 0 saturated carbocycles. The molecule has 1 saturated heterocycles. The van der Waals surface area contributed by atoms with E-state index >= 15 is 0 Å². The molecule has 2 atom stereocenters. The van der Waals surface area contributed by atoms with Gasteiger partial charge >= 0.3 is 0 Å². The van der Waals surface area contributed by atoms with Crippen LogP contribution in [0.15, 0.2) is 0 Å². The molecule has 1 heterocycles. The molecule has 5 heteroatoms. The van der Waals surface area contributed by atoms with Gasteiger partial charge in [0.05, 0.1) is 0 Å². The maximum absolute atomic E-state index is 8.13. The van der Waals surface area contributed by atoms with Crippen molar-refractivity contribution >= 4 is 34.8 Å². The standard InChI is InChI=1S/C3H4Cl2O.C3H7ClO/c1-2-3(4,5)6-2;1-2-3(4)5/h2H,1H3;3,5H,2H2,1H3. The Labute approximate surface area is 81.4 Å². The van der Waals surface area contributed by atoms with Crippen molar-refractivity contribution in [1.82, 2.24) is 0 Å². The first kappa shape index (κ1) is 11.8. The quantitative estimate of drug-likeness (QED) is 0.545. The molecular formula is C6H11Cl3O2. The Bertz CT molecular complexity index is 116. The second-order valence-corrected chi connectivity index (χ2v) is 3.98. The highest BCUT2D eigenvalue weighted by Crippen LogP contribution is 2.43. The van der Waals surface area contributed by atoms with Gasteiger partial charge in [0, 0.05) is 0 Å². The number of alkyl halides is 3. The van der Waals surface area contributed by atoms with Crippen LogP contribution in [-0.2, 0) is 4.74 Å². The van der Waals surface area contributed by atoms with Crippen molar-refractivity contribution in [3.8, 4) is 0 Å². The Hall–Kier alpha value is 0.790. The molecule has 0 aromatic carbocycles. The molecule has 0 aromatic heterocycles. The van der Waals surface area contributed by atoms with Gasteiger partial charge in [-0.3, -0.25) is 0 Å².